The monoisotopic (exact) mass is 198 g/mol. The van der Waals surface area contributed by atoms with Gasteiger partial charge in [-0.3, -0.25) is 20.2 Å². The molecule has 0 heterocycles. The molecule has 0 saturated heterocycles. The highest BCUT2D eigenvalue weighted by Gasteiger charge is 2.56. The van der Waals surface area contributed by atoms with Gasteiger partial charge >= 0.3 is 5.85 Å². The molecule has 0 aromatic rings. The molecule has 0 aromatic heterocycles. The maximum Gasteiger partial charge on any atom is 0.579 e. The van der Waals surface area contributed by atoms with E-state index in [1.54, 1.807) is 0 Å². The molecule has 7 nitrogen and oxygen atoms in total. The number of ether oxygens (including phenoxy) is 1. The van der Waals surface area contributed by atoms with Gasteiger partial charge in [-0.15, -0.1) is 0 Å². The summed E-state index contributed by atoms with van der Waals surface area (Å²) in [5.41, 5.74) is 0. The summed E-state index contributed by atoms with van der Waals surface area (Å²) in [6.45, 7) is 1.28. The third-order valence-electron chi connectivity index (χ3n) is 1.32. The minimum Gasteiger partial charge on any atom is -0.256 e. The third kappa shape index (κ3) is 1.80. The zero-order valence-corrected chi connectivity index (χ0v) is 6.98. The van der Waals surface area contributed by atoms with Crippen molar-refractivity contribution in [1.29, 1.82) is 0 Å². The fraction of sp³-hybridized carbons (Fsp3) is 1.00. The molecule has 12 heavy (non-hydrogen) atoms. The normalized spacial score (nSPS) is 11.2. The molecule has 0 unspecified atom stereocenters. The number of rotatable bonds is 5. The van der Waals surface area contributed by atoms with E-state index in [9.17, 15) is 20.2 Å². The van der Waals surface area contributed by atoms with Crippen LogP contribution in [0.1, 0.15) is 13.3 Å². The molecule has 0 spiro atoms. The molecular weight excluding hydrogens is 192 g/mol. The Bertz CT molecular complexity index is 182. The molecular formula is C4H7ClN2O5. The van der Waals surface area contributed by atoms with E-state index in [0.717, 1.165) is 0 Å². The van der Waals surface area contributed by atoms with Crippen LogP contribution in [0.5, 0.6) is 0 Å². The summed E-state index contributed by atoms with van der Waals surface area (Å²) in [7, 11) is 0. The maximum absolute atomic E-state index is 10.3. The summed E-state index contributed by atoms with van der Waals surface area (Å²) in [5.74, 6) is -2.60. The van der Waals surface area contributed by atoms with Crippen molar-refractivity contribution >= 4 is 11.6 Å². The Hall–Kier alpha value is -0.950. The SMILES string of the molecule is CCC(OCCl)([N+](=O)[O-])[N+](=O)[O-]. The van der Waals surface area contributed by atoms with Crippen molar-refractivity contribution in [3.05, 3.63) is 20.2 Å². The lowest BCUT2D eigenvalue weighted by molar-refractivity contribution is -0.850. The second kappa shape index (κ2) is 4.17. The van der Waals surface area contributed by atoms with Gasteiger partial charge in [-0.25, -0.2) is 4.74 Å². The number of hydrogen-bond acceptors (Lipinski definition) is 5. The van der Waals surface area contributed by atoms with Crippen LogP contribution in [0.2, 0.25) is 0 Å². The lowest BCUT2D eigenvalue weighted by Crippen LogP contribution is -2.48. The minimum atomic E-state index is -2.60. The van der Waals surface area contributed by atoms with Crippen molar-refractivity contribution in [2.75, 3.05) is 6.07 Å². The van der Waals surface area contributed by atoms with Gasteiger partial charge in [-0.2, -0.15) is 0 Å². The van der Waals surface area contributed by atoms with Gasteiger partial charge in [0.1, 0.15) is 22.3 Å². The number of nitrogens with zero attached hydrogens (tertiary/aromatic N) is 2. The van der Waals surface area contributed by atoms with Gasteiger partial charge in [0.05, 0.1) is 0 Å². The first kappa shape index (κ1) is 11.1. The Morgan fingerprint density at radius 3 is 1.92 bits per heavy atom. The van der Waals surface area contributed by atoms with Gasteiger partial charge in [0.2, 0.25) is 0 Å². The van der Waals surface area contributed by atoms with Crippen LogP contribution < -0.4 is 0 Å². The van der Waals surface area contributed by atoms with Crippen LogP contribution in [0.15, 0.2) is 0 Å². The molecule has 0 amide bonds. The zero-order valence-electron chi connectivity index (χ0n) is 6.23. The summed E-state index contributed by atoms with van der Waals surface area (Å²) in [5, 5.41) is 20.5. The molecule has 0 aliphatic carbocycles. The van der Waals surface area contributed by atoms with Gasteiger partial charge < -0.3 is 0 Å². The van der Waals surface area contributed by atoms with E-state index in [4.69, 9.17) is 11.6 Å². The summed E-state index contributed by atoms with van der Waals surface area (Å²) < 4.78 is 4.27. The van der Waals surface area contributed by atoms with Crippen LogP contribution in [0.25, 0.3) is 0 Å². The molecule has 0 bridgehead atoms. The summed E-state index contributed by atoms with van der Waals surface area (Å²) >= 11 is 5.02. The van der Waals surface area contributed by atoms with Crippen molar-refractivity contribution in [1.82, 2.24) is 0 Å². The molecule has 8 heteroatoms. The fourth-order valence-corrected chi connectivity index (χ4v) is 0.794. The second-order valence-electron chi connectivity index (χ2n) is 1.86. The lowest BCUT2D eigenvalue weighted by Gasteiger charge is -2.12. The quantitative estimate of drug-likeness (QED) is 0.282. The number of halogens is 1. The smallest absolute Gasteiger partial charge is 0.256 e. The van der Waals surface area contributed by atoms with Gasteiger partial charge in [0.15, 0.2) is 0 Å². The predicted molar refractivity (Wildman–Crippen MR) is 38.8 cm³/mol. The van der Waals surface area contributed by atoms with Gasteiger partial charge in [-0.1, -0.05) is 11.6 Å². The first-order chi connectivity index (χ1) is 5.51. The first-order valence-corrected chi connectivity index (χ1v) is 3.53. The molecule has 70 valence electrons. The first-order valence-electron chi connectivity index (χ1n) is 3.00. The van der Waals surface area contributed by atoms with E-state index in [2.05, 4.69) is 4.74 Å². The Labute approximate surface area is 72.6 Å². The molecule has 0 saturated carbocycles. The molecule has 0 aliphatic heterocycles. The molecule has 0 radical (unpaired) electrons. The highest BCUT2D eigenvalue weighted by atomic mass is 35.5. The van der Waals surface area contributed by atoms with E-state index >= 15 is 0 Å². The van der Waals surface area contributed by atoms with Crippen LogP contribution in [0.3, 0.4) is 0 Å². The topological polar surface area (TPSA) is 95.5 Å². The Morgan fingerprint density at radius 2 is 1.83 bits per heavy atom. The van der Waals surface area contributed by atoms with E-state index in [0.29, 0.717) is 0 Å². The Morgan fingerprint density at radius 1 is 1.42 bits per heavy atom. The van der Waals surface area contributed by atoms with E-state index in [1.165, 1.54) is 6.92 Å². The van der Waals surface area contributed by atoms with Crippen LogP contribution in [0, 0.1) is 20.2 Å². The molecule has 0 aliphatic rings. The average molecular weight is 199 g/mol. The second-order valence-corrected chi connectivity index (χ2v) is 2.08. The van der Waals surface area contributed by atoms with E-state index in [1.807, 2.05) is 0 Å². The van der Waals surface area contributed by atoms with Gasteiger partial charge in [-0.05, 0) is 6.92 Å². The minimum absolute atomic E-state index is 0.375. The van der Waals surface area contributed by atoms with E-state index < -0.39 is 21.8 Å². The van der Waals surface area contributed by atoms with Crippen LogP contribution in [-0.4, -0.2) is 21.8 Å². The van der Waals surface area contributed by atoms with Gasteiger partial charge in [0.25, 0.3) is 0 Å². The van der Waals surface area contributed by atoms with Crippen molar-refractivity contribution in [2.24, 2.45) is 0 Å². The summed E-state index contributed by atoms with van der Waals surface area (Å²) in [6, 6.07) is -0.587. The van der Waals surface area contributed by atoms with Crippen LogP contribution in [0.4, 0.5) is 0 Å². The largest absolute Gasteiger partial charge is 0.579 e. The standard InChI is InChI=1S/C4H7ClN2O5/c1-2-4(6(8)9,7(10)11)12-3-5/h2-3H2,1H3. The van der Waals surface area contributed by atoms with Crippen molar-refractivity contribution in [3.63, 3.8) is 0 Å². The van der Waals surface area contributed by atoms with E-state index in [-0.39, 0.29) is 6.42 Å². The molecule has 0 rings (SSSR count). The van der Waals surface area contributed by atoms with Gasteiger partial charge in [0, 0.05) is 0 Å². The third-order valence-corrected chi connectivity index (χ3v) is 1.43. The number of hydrogen-bond donors (Lipinski definition) is 0. The summed E-state index contributed by atoms with van der Waals surface area (Å²) in [4.78, 5) is 18.3. The Balaban J connectivity index is 4.76. The molecule has 0 aromatic carbocycles. The molecule has 0 fully saturated rings. The summed E-state index contributed by atoms with van der Waals surface area (Å²) in [6.07, 6.45) is -0.375. The molecule has 0 N–H and O–H groups in total. The lowest BCUT2D eigenvalue weighted by atomic mass is 10.3. The van der Waals surface area contributed by atoms with Crippen molar-refractivity contribution < 1.29 is 14.6 Å². The maximum atomic E-state index is 10.3. The highest BCUT2D eigenvalue weighted by molar-refractivity contribution is 6.17. The predicted octanol–water partition coefficient (Wildman–Crippen LogP) is 0.817. The molecule has 0 atom stereocenters. The van der Waals surface area contributed by atoms with Crippen molar-refractivity contribution in [3.8, 4) is 0 Å². The fourth-order valence-electron chi connectivity index (χ4n) is 0.620. The van der Waals surface area contributed by atoms with Crippen molar-refractivity contribution in [2.45, 2.75) is 19.2 Å². The zero-order chi connectivity index (χ0) is 9.78. The number of alkyl halides is 1. The van der Waals surface area contributed by atoms with Crippen LogP contribution in [-0.2, 0) is 4.74 Å². The Kier molecular flexibility index (Phi) is 3.84. The average Bonchev–Trinajstić information content (AvgIpc) is 1.98. The number of nitro groups is 2. The highest BCUT2D eigenvalue weighted by Crippen LogP contribution is 2.17. The van der Waals surface area contributed by atoms with Crippen LogP contribution >= 0.6 is 11.6 Å².